The van der Waals surface area contributed by atoms with Crippen molar-refractivity contribution in [2.45, 2.75) is 51.8 Å². The van der Waals surface area contributed by atoms with E-state index in [2.05, 4.69) is 23.8 Å². The maximum Gasteiger partial charge on any atom is 0.573 e. The largest absolute Gasteiger partial charge is 0.573 e. The summed E-state index contributed by atoms with van der Waals surface area (Å²) in [6, 6.07) is 16.0. The van der Waals surface area contributed by atoms with E-state index in [0.717, 1.165) is 41.1 Å². The summed E-state index contributed by atoms with van der Waals surface area (Å²) in [6.45, 7) is 2.20. The van der Waals surface area contributed by atoms with Crippen LogP contribution >= 0.6 is 0 Å². The molecule has 0 aromatic heterocycles. The lowest BCUT2D eigenvalue weighted by atomic mass is 9.95. The molecule has 4 rings (SSSR count). The van der Waals surface area contributed by atoms with Crippen LogP contribution in [0.4, 0.5) is 22.0 Å². The first-order valence-electron chi connectivity index (χ1n) is 11.5. The number of rotatable bonds is 8. The van der Waals surface area contributed by atoms with Gasteiger partial charge in [-0.1, -0.05) is 81.1 Å². The summed E-state index contributed by atoms with van der Waals surface area (Å²) in [7, 11) is 0. The van der Waals surface area contributed by atoms with Crippen molar-refractivity contribution in [2.75, 3.05) is 0 Å². The van der Waals surface area contributed by atoms with Gasteiger partial charge in [-0.25, -0.2) is 8.78 Å². The maximum atomic E-state index is 15.4. The first-order valence-corrected chi connectivity index (χ1v) is 11.5. The molecule has 0 N–H and O–H groups in total. The molecular formula is C28H25F5O. The van der Waals surface area contributed by atoms with Crippen molar-refractivity contribution >= 4 is 21.5 Å². The number of benzene rings is 4. The highest BCUT2D eigenvalue weighted by Gasteiger charge is 2.32. The first-order chi connectivity index (χ1) is 16.3. The Bertz CT molecular complexity index is 1310. The van der Waals surface area contributed by atoms with Gasteiger partial charge in [0.2, 0.25) is 0 Å². The van der Waals surface area contributed by atoms with Gasteiger partial charge in [-0.2, -0.15) is 0 Å². The maximum absolute atomic E-state index is 15.4. The summed E-state index contributed by atoms with van der Waals surface area (Å²) < 4.78 is 70.4. The van der Waals surface area contributed by atoms with E-state index < -0.39 is 23.7 Å². The fourth-order valence-corrected chi connectivity index (χ4v) is 4.35. The van der Waals surface area contributed by atoms with Gasteiger partial charge in [0.05, 0.1) is 0 Å². The second-order valence-electron chi connectivity index (χ2n) is 8.50. The number of halogens is 5. The van der Waals surface area contributed by atoms with Crippen molar-refractivity contribution in [3.63, 3.8) is 0 Å². The minimum absolute atomic E-state index is 0.105. The lowest BCUT2D eigenvalue weighted by Crippen LogP contribution is -2.17. The molecular weight excluding hydrogens is 447 g/mol. The summed E-state index contributed by atoms with van der Waals surface area (Å²) >= 11 is 0. The third-order valence-electron chi connectivity index (χ3n) is 6.05. The number of hydrogen-bond acceptors (Lipinski definition) is 1. The van der Waals surface area contributed by atoms with E-state index in [9.17, 15) is 17.6 Å². The van der Waals surface area contributed by atoms with E-state index in [-0.39, 0.29) is 11.1 Å². The fraction of sp³-hybridized carbons (Fsp3) is 0.286. The van der Waals surface area contributed by atoms with E-state index in [1.807, 2.05) is 12.1 Å². The topological polar surface area (TPSA) is 9.23 Å². The monoisotopic (exact) mass is 472 g/mol. The molecule has 0 aliphatic rings. The van der Waals surface area contributed by atoms with Gasteiger partial charge in [-0.3, -0.25) is 0 Å². The van der Waals surface area contributed by atoms with Crippen LogP contribution in [0, 0.1) is 11.6 Å². The average Bonchev–Trinajstić information content (AvgIpc) is 2.79. The smallest absolute Gasteiger partial charge is 0.403 e. The van der Waals surface area contributed by atoms with Crippen molar-refractivity contribution < 1.29 is 26.7 Å². The Morgan fingerprint density at radius 1 is 0.735 bits per heavy atom. The molecule has 0 fully saturated rings. The SMILES string of the molecule is CCCCCCCc1ccc2c(ccc3c(F)c(-c4ccc(OC(F)(F)F)c(F)c4)ccc32)c1. The second-order valence-corrected chi connectivity index (χ2v) is 8.50. The van der Waals surface area contributed by atoms with Crippen LogP contribution in [0.5, 0.6) is 5.75 Å². The van der Waals surface area contributed by atoms with Gasteiger partial charge in [-0.05, 0) is 52.3 Å². The van der Waals surface area contributed by atoms with Gasteiger partial charge < -0.3 is 4.74 Å². The van der Waals surface area contributed by atoms with Crippen molar-refractivity contribution in [1.82, 2.24) is 0 Å². The molecule has 0 spiro atoms. The van der Waals surface area contributed by atoms with Gasteiger partial charge in [0.1, 0.15) is 5.82 Å². The van der Waals surface area contributed by atoms with Crippen LogP contribution in [-0.2, 0) is 6.42 Å². The predicted molar refractivity (Wildman–Crippen MR) is 126 cm³/mol. The minimum Gasteiger partial charge on any atom is -0.403 e. The van der Waals surface area contributed by atoms with Gasteiger partial charge in [0.15, 0.2) is 11.6 Å². The molecule has 0 radical (unpaired) electrons. The highest BCUT2D eigenvalue weighted by atomic mass is 19.4. The lowest BCUT2D eigenvalue weighted by Gasteiger charge is -2.13. The summed E-state index contributed by atoms with van der Waals surface area (Å²) in [6.07, 6.45) is 2.07. The van der Waals surface area contributed by atoms with Crippen LogP contribution in [0.3, 0.4) is 0 Å². The number of unbranched alkanes of at least 4 members (excludes halogenated alkanes) is 4. The molecule has 178 valence electrons. The van der Waals surface area contributed by atoms with Crippen LogP contribution in [0.2, 0.25) is 0 Å². The average molecular weight is 472 g/mol. The molecule has 6 heteroatoms. The molecule has 4 aromatic rings. The van der Waals surface area contributed by atoms with E-state index in [1.54, 1.807) is 12.1 Å². The Hall–Kier alpha value is -3.15. The van der Waals surface area contributed by atoms with Crippen LogP contribution in [0.25, 0.3) is 32.7 Å². The Morgan fingerprint density at radius 2 is 1.47 bits per heavy atom. The molecule has 0 aliphatic carbocycles. The molecule has 0 aliphatic heterocycles. The van der Waals surface area contributed by atoms with Gasteiger partial charge in [0.25, 0.3) is 0 Å². The summed E-state index contributed by atoms with van der Waals surface area (Å²) in [5.41, 5.74) is 1.48. The molecule has 0 amide bonds. The molecule has 0 saturated heterocycles. The van der Waals surface area contributed by atoms with E-state index in [1.165, 1.54) is 43.4 Å². The van der Waals surface area contributed by atoms with Crippen molar-refractivity contribution in [3.05, 3.63) is 77.9 Å². The highest BCUT2D eigenvalue weighted by Crippen LogP contribution is 2.35. The molecule has 4 aromatic carbocycles. The number of alkyl halides is 3. The molecule has 34 heavy (non-hydrogen) atoms. The van der Waals surface area contributed by atoms with Crippen molar-refractivity contribution in [1.29, 1.82) is 0 Å². The standard InChI is InChI=1S/C28H25F5O/c1-2-3-4-5-6-7-18-8-11-21-19(16-18)9-12-24-23(21)14-13-22(27(24)30)20-10-15-26(25(29)17-20)34-28(31,32)33/h8-17H,2-7H2,1H3. The third-order valence-corrected chi connectivity index (χ3v) is 6.05. The quantitative estimate of drug-likeness (QED) is 0.141. The molecule has 0 heterocycles. The first kappa shape index (κ1) is 24.0. The minimum atomic E-state index is -5.01. The normalized spacial score (nSPS) is 11.9. The second kappa shape index (κ2) is 10.00. The van der Waals surface area contributed by atoms with Crippen LogP contribution in [0.1, 0.15) is 44.6 Å². The molecule has 0 unspecified atom stereocenters. The Morgan fingerprint density at radius 3 is 2.21 bits per heavy atom. The summed E-state index contributed by atoms with van der Waals surface area (Å²) in [5.74, 6) is -2.72. The zero-order chi connectivity index (χ0) is 24.3. The zero-order valence-corrected chi connectivity index (χ0v) is 18.8. The Kier molecular flexibility index (Phi) is 7.05. The van der Waals surface area contributed by atoms with E-state index >= 15 is 4.39 Å². The number of fused-ring (bicyclic) bond motifs is 3. The Balaban J connectivity index is 1.63. The molecule has 0 bridgehead atoms. The number of aryl methyl sites for hydroxylation is 1. The van der Waals surface area contributed by atoms with E-state index in [0.29, 0.717) is 5.39 Å². The van der Waals surface area contributed by atoms with Crippen molar-refractivity contribution in [3.8, 4) is 16.9 Å². The van der Waals surface area contributed by atoms with E-state index in [4.69, 9.17) is 0 Å². The van der Waals surface area contributed by atoms with Gasteiger partial charge in [-0.15, -0.1) is 13.2 Å². The molecule has 0 saturated carbocycles. The predicted octanol–water partition coefficient (Wildman–Crippen LogP) is 9.35. The molecule has 0 atom stereocenters. The summed E-state index contributed by atoms with van der Waals surface area (Å²) in [4.78, 5) is 0. The Labute approximate surface area is 195 Å². The third kappa shape index (κ3) is 5.32. The highest BCUT2D eigenvalue weighted by molar-refractivity contribution is 6.08. The zero-order valence-electron chi connectivity index (χ0n) is 18.8. The number of hydrogen-bond donors (Lipinski definition) is 0. The van der Waals surface area contributed by atoms with Gasteiger partial charge in [0, 0.05) is 10.9 Å². The van der Waals surface area contributed by atoms with Gasteiger partial charge >= 0.3 is 6.36 Å². The van der Waals surface area contributed by atoms with Crippen LogP contribution < -0.4 is 4.74 Å². The summed E-state index contributed by atoms with van der Waals surface area (Å²) in [5, 5.41) is 3.03. The van der Waals surface area contributed by atoms with Crippen molar-refractivity contribution in [2.24, 2.45) is 0 Å². The molecule has 1 nitrogen and oxygen atoms in total. The lowest BCUT2D eigenvalue weighted by molar-refractivity contribution is -0.275. The van der Waals surface area contributed by atoms with Crippen LogP contribution in [-0.4, -0.2) is 6.36 Å². The van der Waals surface area contributed by atoms with Crippen LogP contribution in [0.15, 0.2) is 60.7 Å². The fourth-order valence-electron chi connectivity index (χ4n) is 4.35. The number of ether oxygens (including phenoxy) is 1.